The highest BCUT2D eigenvalue weighted by molar-refractivity contribution is 5.92. The van der Waals surface area contributed by atoms with Crippen molar-refractivity contribution in [2.45, 2.75) is 83.0 Å². The van der Waals surface area contributed by atoms with E-state index >= 15 is 0 Å². The molecule has 1 saturated heterocycles. The number of fused-ring (bicyclic) bond motifs is 1. The van der Waals surface area contributed by atoms with Crippen molar-refractivity contribution in [3.63, 3.8) is 0 Å². The minimum atomic E-state index is -0.914. The number of carbonyl (C=O) groups is 3. The molecule has 1 heterocycles. The molecule has 0 bridgehead atoms. The number of rotatable bonds is 6. The number of nitrogens with zero attached hydrogens (tertiary/aromatic N) is 1. The first kappa shape index (κ1) is 26.5. The molecule has 0 radical (unpaired) electrons. The van der Waals surface area contributed by atoms with Crippen LogP contribution in [0, 0.1) is 0 Å². The lowest BCUT2D eigenvalue weighted by Crippen LogP contribution is -2.55. The molecule has 2 aromatic carbocycles. The topological polar surface area (TPSA) is 108 Å². The van der Waals surface area contributed by atoms with Crippen molar-refractivity contribution in [1.82, 2.24) is 15.5 Å². The van der Waals surface area contributed by atoms with Gasteiger partial charge < -0.3 is 25.4 Å². The van der Waals surface area contributed by atoms with Gasteiger partial charge in [0.15, 0.2) is 0 Å². The van der Waals surface area contributed by atoms with Crippen LogP contribution in [0.25, 0.3) is 0 Å². The lowest BCUT2D eigenvalue weighted by molar-refractivity contribution is -0.140. The van der Waals surface area contributed by atoms with Crippen molar-refractivity contribution in [2.24, 2.45) is 0 Å². The Bertz CT molecular complexity index is 1130. The third-order valence-corrected chi connectivity index (χ3v) is 6.89. The van der Waals surface area contributed by atoms with Gasteiger partial charge in [-0.15, -0.1) is 0 Å². The highest BCUT2D eigenvalue weighted by atomic mass is 16.6. The Morgan fingerprint density at radius 3 is 2.51 bits per heavy atom. The van der Waals surface area contributed by atoms with Crippen molar-refractivity contribution < 1.29 is 24.2 Å². The van der Waals surface area contributed by atoms with Crippen LogP contribution >= 0.6 is 0 Å². The molecule has 2 aliphatic rings. The molecule has 1 fully saturated rings. The third kappa shape index (κ3) is 6.81. The normalized spacial score (nSPS) is 20.0. The van der Waals surface area contributed by atoms with Crippen LogP contribution in [0.5, 0.6) is 5.75 Å². The van der Waals surface area contributed by atoms with Crippen LogP contribution in [-0.2, 0) is 27.2 Å². The third-order valence-electron chi connectivity index (χ3n) is 6.89. The van der Waals surface area contributed by atoms with Crippen LogP contribution in [-0.4, -0.2) is 52.1 Å². The van der Waals surface area contributed by atoms with Gasteiger partial charge in [-0.25, -0.2) is 4.79 Å². The zero-order chi connectivity index (χ0) is 26.6. The highest BCUT2D eigenvalue weighted by Gasteiger charge is 2.39. The van der Waals surface area contributed by atoms with Gasteiger partial charge in [-0.1, -0.05) is 36.4 Å². The smallest absolute Gasteiger partial charge is 0.408 e. The van der Waals surface area contributed by atoms with Gasteiger partial charge in [-0.3, -0.25) is 9.59 Å². The first-order valence-corrected chi connectivity index (χ1v) is 13.1. The van der Waals surface area contributed by atoms with Crippen LogP contribution < -0.4 is 10.6 Å². The summed E-state index contributed by atoms with van der Waals surface area (Å²) in [5, 5.41) is 15.5. The molecule has 8 heteroatoms. The fraction of sp³-hybridized carbons (Fsp3) is 0.483. The second-order valence-electron chi connectivity index (χ2n) is 10.9. The van der Waals surface area contributed by atoms with Crippen molar-refractivity contribution >= 4 is 17.9 Å². The van der Waals surface area contributed by atoms with Crippen molar-refractivity contribution in [1.29, 1.82) is 0 Å². The number of likely N-dealkylation sites (tertiary alicyclic amines) is 1. The van der Waals surface area contributed by atoms with E-state index in [0.29, 0.717) is 19.4 Å². The Balaban J connectivity index is 1.49. The summed E-state index contributed by atoms with van der Waals surface area (Å²) in [7, 11) is 0. The molecule has 0 saturated carbocycles. The van der Waals surface area contributed by atoms with E-state index < -0.39 is 23.8 Å². The van der Waals surface area contributed by atoms with Crippen LogP contribution in [0.2, 0.25) is 0 Å². The Hall–Kier alpha value is -3.55. The van der Waals surface area contributed by atoms with E-state index in [1.807, 2.05) is 12.1 Å². The number of ether oxygens (including phenoxy) is 1. The quantitative estimate of drug-likeness (QED) is 0.548. The molecule has 1 aliphatic carbocycles. The summed E-state index contributed by atoms with van der Waals surface area (Å²) < 4.78 is 5.41. The second-order valence-corrected chi connectivity index (χ2v) is 10.9. The van der Waals surface area contributed by atoms with E-state index in [0.717, 1.165) is 30.4 Å². The molecular formula is C29H37N3O5. The van der Waals surface area contributed by atoms with Gasteiger partial charge in [-0.2, -0.15) is 0 Å². The van der Waals surface area contributed by atoms with Gasteiger partial charge in [0, 0.05) is 13.0 Å². The number of nitrogens with one attached hydrogen (secondary N) is 2. The summed E-state index contributed by atoms with van der Waals surface area (Å²) in [6.07, 6.45) is 3.68. The number of hydrogen-bond acceptors (Lipinski definition) is 5. The number of benzene rings is 2. The lowest BCUT2D eigenvalue weighted by Gasteiger charge is -2.32. The second kappa shape index (κ2) is 11.2. The Morgan fingerprint density at radius 1 is 1.05 bits per heavy atom. The molecule has 8 nitrogen and oxygen atoms in total. The van der Waals surface area contributed by atoms with Gasteiger partial charge in [0.1, 0.15) is 23.4 Å². The molecule has 1 unspecified atom stereocenters. The zero-order valence-electron chi connectivity index (χ0n) is 21.8. The average molecular weight is 508 g/mol. The summed E-state index contributed by atoms with van der Waals surface area (Å²) in [6.45, 7) is 5.72. The summed E-state index contributed by atoms with van der Waals surface area (Å²) >= 11 is 0. The fourth-order valence-corrected chi connectivity index (χ4v) is 5.19. The molecule has 37 heavy (non-hydrogen) atoms. The standard InChI is InChI=1S/C29H37N3O5/c1-29(2,3)37-28(36)31-24(18-19-13-15-21(33)16-14-19)27(35)32-17-7-12-25(32)26(34)30-23-11-6-9-20-8-4-5-10-22(20)23/h4-5,8,10,13-16,23-25,33H,6-7,9,11-12,17-18H2,1-3H3,(H,30,34)(H,31,36)/t23-,24+,25?/m1/s1. The van der Waals surface area contributed by atoms with E-state index in [1.165, 1.54) is 5.56 Å². The Morgan fingerprint density at radius 2 is 1.78 bits per heavy atom. The minimum absolute atomic E-state index is 0.0670. The molecule has 2 aromatic rings. The lowest BCUT2D eigenvalue weighted by atomic mass is 9.87. The van der Waals surface area contributed by atoms with E-state index in [4.69, 9.17) is 4.74 Å². The predicted molar refractivity (Wildman–Crippen MR) is 140 cm³/mol. The van der Waals surface area contributed by atoms with E-state index in [2.05, 4.69) is 22.8 Å². The van der Waals surface area contributed by atoms with Crippen molar-refractivity contribution in [3.8, 4) is 5.75 Å². The molecule has 3 amide bonds. The maximum absolute atomic E-state index is 13.7. The highest BCUT2D eigenvalue weighted by Crippen LogP contribution is 2.30. The predicted octanol–water partition coefficient (Wildman–Crippen LogP) is 4.01. The largest absolute Gasteiger partial charge is 0.508 e. The van der Waals surface area contributed by atoms with Gasteiger partial charge >= 0.3 is 6.09 Å². The van der Waals surface area contributed by atoms with E-state index in [9.17, 15) is 19.5 Å². The van der Waals surface area contributed by atoms with Crippen LogP contribution in [0.15, 0.2) is 48.5 Å². The van der Waals surface area contributed by atoms with Crippen molar-refractivity contribution in [3.05, 3.63) is 65.2 Å². The Labute approximate surface area is 218 Å². The van der Waals surface area contributed by atoms with Crippen LogP contribution in [0.4, 0.5) is 4.79 Å². The number of phenols is 1. The molecule has 3 N–H and O–H groups in total. The number of amides is 3. The zero-order valence-corrected chi connectivity index (χ0v) is 21.8. The monoisotopic (exact) mass is 507 g/mol. The van der Waals surface area contributed by atoms with Crippen LogP contribution in [0.1, 0.15) is 69.2 Å². The number of aromatic hydroxyl groups is 1. The molecule has 0 aromatic heterocycles. The van der Waals surface area contributed by atoms with Crippen LogP contribution in [0.3, 0.4) is 0 Å². The summed E-state index contributed by atoms with van der Waals surface area (Å²) in [6, 6.07) is 13.1. The molecule has 4 rings (SSSR count). The van der Waals surface area contributed by atoms with E-state index in [1.54, 1.807) is 49.9 Å². The number of hydrogen-bond donors (Lipinski definition) is 3. The first-order chi connectivity index (χ1) is 17.6. The molecule has 198 valence electrons. The minimum Gasteiger partial charge on any atom is -0.508 e. The van der Waals surface area contributed by atoms with Gasteiger partial charge in [0.2, 0.25) is 11.8 Å². The SMILES string of the molecule is CC(C)(C)OC(=O)N[C@@H](Cc1ccc(O)cc1)C(=O)N1CCCC1C(=O)N[C@@H]1CCCc2ccccc21. The number of alkyl carbamates (subject to hydrolysis) is 1. The molecule has 0 spiro atoms. The maximum atomic E-state index is 13.7. The van der Waals surface area contributed by atoms with Gasteiger partial charge in [-0.05, 0) is 81.7 Å². The van der Waals surface area contributed by atoms with Gasteiger partial charge in [0.05, 0.1) is 6.04 Å². The van der Waals surface area contributed by atoms with E-state index in [-0.39, 0.29) is 30.0 Å². The first-order valence-electron chi connectivity index (χ1n) is 13.1. The maximum Gasteiger partial charge on any atom is 0.408 e. The number of aryl methyl sites for hydroxylation is 1. The molecule has 3 atom stereocenters. The summed E-state index contributed by atoms with van der Waals surface area (Å²) in [5.41, 5.74) is 2.46. The summed E-state index contributed by atoms with van der Waals surface area (Å²) in [4.78, 5) is 41.4. The fourth-order valence-electron chi connectivity index (χ4n) is 5.19. The Kier molecular flexibility index (Phi) is 8.05. The molecular weight excluding hydrogens is 470 g/mol. The summed E-state index contributed by atoms with van der Waals surface area (Å²) in [5.74, 6) is -0.360. The average Bonchev–Trinajstić information content (AvgIpc) is 3.34. The van der Waals surface area contributed by atoms with Gasteiger partial charge in [0.25, 0.3) is 0 Å². The number of phenolic OH excluding ortho intramolecular Hbond substituents is 1. The van der Waals surface area contributed by atoms with Crippen molar-refractivity contribution in [2.75, 3.05) is 6.54 Å². The number of carbonyl (C=O) groups excluding carboxylic acids is 3. The molecule has 1 aliphatic heterocycles.